The van der Waals surface area contributed by atoms with Crippen LogP contribution in [-0.2, 0) is 11.2 Å². The summed E-state index contributed by atoms with van der Waals surface area (Å²) in [5.41, 5.74) is 2.13. The summed E-state index contributed by atoms with van der Waals surface area (Å²) in [7, 11) is 0. The van der Waals surface area contributed by atoms with Crippen molar-refractivity contribution in [3.05, 3.63) is 66.5 Å². The molecule has 1 N–H and O–H groups in total. The molecule has 0 bridgehead atoms. The second-order valence-corrected chi connectivity index (χ2v) is 7.48. The molecule has 1 amide bonds. The molecule has 3 aromatic rings. The SMILES string of the molecule is O=C(COc1cccc(-n2cnnn2)c1)NC1CCCN(CCc2ccccc2)C1. The molecule has 156 valence electrons. The molecule has 30 heavy (non-hydrogen) atoms. The van der Waals surface area contributed by atoms with Crippen LogP contribution in [0.3, 0.4) is 0 Å². The molecule has 0 radical (unpaired) electrons. The third kappa shape index (κ3) is 5.64. The lowest BCUT2D eigenvalue weighted by atomic mass is 10.0. The number of rotatable bonds is 8. The molecule has 1 aliphatic rings. The summed E-state index contributed by atoms with van der Waals surface area (Å²) in [6, 6.07) is 18.0. The first-order valence-electron chi connectivity index (χ1n) is 10.3. The van der Waals surface area contributed by atoms with E-state index in [1.54, 1.807) is 10.7 Å². The maximum Gasteiger partial charge on any atom is 0.258 e. The van der Waals surface area contributed by atoms with Crippen molar-refractivity contribution in [2.75, 3.05) is 26.2 Å². The maximum atomic E-state index is 12.4. The van der Waals surface area contributed by atoms with Gasteiger partial charge in [-0.05, 0) is 53.9 Å². The average molecular weight is 406 g/mol. The predicted octanol–water partition coefficient (Wildman–Crippen LogP) is 1.86. The minimum absolute atomic E-state index is 0.0143. The van der Waals surface area contributed by atoms with E-state index >= 15 is 0 Å². The lowest BCUT2D eigenvalue weighted by Crippen LogP contribution is -2.49. The van der Waals surface area contributed by atoms with Crippen molar-refractivity contribution < 1.29 is 9.53 Å². The highest BCUT2D eigenvalue weighted by molar-refractivity contribution is 5.77. The summed E-state index contributed by atoms with van der Waals surface area (Å²) >= 11 is 0. The van der Waals surface area contributed by atoms with E-state index in [1.807, 2.05) is 24.3 Å². The molecular weight excluding hydrogens is 380 g/mol. The number of piperidine rings is 1. The number of nitrogens with one attached hydrogen (secondary N) is 1. The van der Waals surface area contributed by atoms with Gasteiger partial charge in [-0.15, -0.1) is 5.10 Å². The Hall–Kier alpha value is -3.26. The van der Waals surface area contributed by atoms with Crippen LogP contribution in [0.1, 0.15) is 18.4 Å². The number of hydrogen-bond donors (Lipinski definition) is 1. The molecule has 2 aromatic carbocycles. The molecule has 2 heterocycles. The molecule has 0 aliphatic carbocycles. The van der Waals surface area contributed by atoms with Gasteiger partial charge in [-0.1, -0.05) is 36.4 Å². The molecule has 1 fully saturated rings. The molecule has 1 aliphatic heterocycles. The van der Waals surface area contributed by atoms with Crippen LogP contribution in [0, 0.1) is 0 Å². The van der Waals surface area contributed by atoms with E-state index in [2.05, 4.69) is 50.0 Å². The summed E-state index contributed by atoms with van der Waals surface area (Å²) in [5, 5.41) is 14.2. The largest absolute Gasteiger partial charge is 0.484 e. The van der Waals surface area contributed by atoms with E-state index in [-0.39, 0.29) is 18.6 Å². The Balaban J connectivity index is 1.22. The van der Waals surface area contributed by atoms with Gasteiger partial charge in [0.1, 0.15) is 12.1 Å². The first-order valence-corrected chi connectivity index (χ1v) is 10.3. The Bertz CT molecular complexity index is 932. The van der Waals surface area contributed by atoms with Crippen molar-refractivity contribution in [2.24, 2.45) is 0 Å². The molecule has 4 rings (SSSR count). The normalized spacial score (nSPS) is 16.9. The van der Waals surface area contributed by atoms with Crippen molar-refractivity contribution in [1.29, 1.82) is 0 Å². The number of tetrazole rings is 1. The molecule has 1 atom stereocenters. The van der Waals surface area contributed by atoms with Gasteiger partial charge in [0.05, 0.1) is 5.69 Å². The monoisotopic (exact) mass is 406 g/mol. The smallest absolute Gasteiger partial charge is 0.258 e. The highest BCUT2D eigenvalue weighted by Gasteiger charge is 2.21. The Labute approximate surface area is 175 Å². The standard InChI is InChI=1S/C22H26N6O2/c29-22(16-30-21-10-4-9-20(14-21)28-17-23-25-26-28)24-19-8-5-12-27(15-19)13-11-18-6-2-1-3-7-18/h1-4,6-7,9-10,14,17,19H,5,8,11-13,15-16H2,(H,24,29). The summed E-state index contributed by atoms with van der Waals surface area (Å²) in [6.45, 7) is 2.96. The second-order valence-electron chi connectivity index (χ2n) is 7.48. The number of likely N-dealkylation sites (tertiary alicyclic amines) is 1. The van der Waals surface area contributed by atoms with Gasteiger partial charge in [0.15, 0.2) is 6.61 Å². The quantitative estimate of drug-likeness (QED) is 0.615. The van der Waals surface area contributed by atoms with Crippen LogP contribution < -0.4 is 10.1 Å². The molecule has 1 saturated heterocycles. The van der Waals surface area contributed by atoms with Crippen LogP contribution in [0.25, 0.3) is 5.69 Å². The molecule has 8 nitrogen and oxygen atoms in total. The van der Waals surface area contributed by atoms with Crippen LogP contribution in [0.2, 0.25) is 0 Å². The number of nitrogens with zero attached hydrogens (tertiary/aromatic N) is 5. The Morgan fingerprint density at radius 1 is 1.17 bits per heavy atom. The van der Waals surface area contributed by atoms with Crippen molar-refractivity contribution in [3.63, 3.8) is 0 Å². The number of benzene rings is 2. The van der Waals surface area contributed by atoms with Gasteiger partial charge in [0.2, 0.25) is 0 Å². The Morgan fingerprint density at radius 2 is 2.07 bits per heavy atom. The van der Waals surface area contributed by atoms with E-state index in [9.17, 15) is 4.79 Å². The number of carbonyl (C=O) groups is 1. The summed E-state index contributed by atoms with van der Waals surface area (Å²) in [4.78, 5) is 14.8. The zero-order valence-electron chi connectivity index (χ0n) is 16.9. The van der Waals surface area contributed by atoms with Crippen LogP contribution in [-0.4, -0.2) is 63.3 Å². The first-order chi connectivity index (χ1) is 14.8. The second kappa shape index (κ2) is 9.98. The van der Waals surface area contributed by atoms with Crippen LogP contribution in [0.4, 0.5) is 0 Å². The number of ether oxygens (including phenoxy) is 1. The zero-order chi connectivity index (χ0) is 20.6. The van der Waals surface area contributed by atoms with Gasteiger partial charge < -0.3 is 15.0 Å². The van der Waals surface area contributed by atoms with E-state index in [4.69, 9.17) is 4.74 Å². The highest BCUT2D eigenvalue weighted by atomic mass is 16.5. The summed E-state index contributed by atoms with van der Waals surface area (Å²) in [5.74, 6) is 0.504. The Kier molecular flexibility index (Phi) is 6.66. The molecule has 0 spiro atoms. The van der Waals surface area contributed by atoms with E-state index in [1.165, 1.54) is 11.9 Å². The molecular formula is C22H26N6O2. The minimum atomic E-state index is -0.0993. The Morgan fingerprint density at radius 3 is 2.90 bits per heavy atom. The fourth-order valence-electron chi connectivity index (χ4n) is 3.72. The van der Waals surface area contributed by atoms with Crippen LogP contribution in [0.15, 0.2) is 60.9 Å². The zero-order valence-corrected chi connectivity index (χ0v) is 16.9. The minimum Gasteiger partial charge on any atom is -0.484 e. The van der Waals surface area contributed by atoms with Crippen molar-refractivity contribution in [1.82, 2.24) is 30.4 Å². The molecule has 0 saturated carbocycles. The number of aromatic nitrogens is 4. The number of carbonyl (C=O) groups excluding carboxylic acids is 1. The maximum absolute atomic E-state index is 12.4. The van der Waals surface area contributed by atoms with Crippen molar-refractivity contribution >= 4 is 5.91 Å². The van der Waals surface area contributed by atoms with Crippen molar-refractivity contribution in [2.45, 2.75) is 25.3 Å². The summed E-state index contributed by atoms with van der Waals surface area (Å²) < 4.78 is 7.21. The van der Waals surface area contributed by atoms with Gasteiger partial charge in [0.25, 0.3) is 5.91 Å². The van der Waals surface area contributed by atoms with Crippen LogP contribution in [0.5, 0.6) is 5.75 Å². The molecule has 1 aromatic heterocycles. The first kappa shape index (κ1) is 20.0. The lowest BCUT2D eigenvalue weighted by molar-refractivity contribution is -0.124. The van der Waals surface area contributed by atoms with Crippen molar-refractivity contribution in [3.8, 4) is 11.4 Å². The van der Waals surface area contributed by atoms with Gasteiger partial charge in [-0.3, -0.25) is 4.79 Å². The van der Waals surface area contributed by atoms with Gasteiger partial charge >= 0.3 is 0 Å². The van der Waals surface area contributed by atoms with Crippen LogP contribution >= 0.6 is 0 Å². The number of amides is 1. The van der Waals surface area contributed by atoms with Gasteiger partial charge in [0, 0.05) is 25.2 Å². The summed E-state index contributed by atoms with van der Waals surface area (Å²) in [6.07, 6.45) is 4.64. The average Bonchev–Trinajstić information content (AvgIpc) is 3.33. The van der Waals surface area contributed by atoms with E-state index < -0.39 is 0 Å². The third-order valence-electron chi connectivity index (χ3n) is 5.23. The molecule has 1 unspecified atom stereocenters. The fraction of sp³-hybridized carbons (Fsp3) is 0.364. The lowest BCUT2D eigenvalue weighted by Gasteiger charge is -2.33. The highest BCUT2D eigenvalue weighted by Crippen LogP contribution is 2.16. The van der Waals surface area contributed by atoms with E-state index in [0.29, 0.717) is 5.75 Å². The molecule has 8 heteroatoms. The van der Waals surface area contributed by atoms with Gasteiger partial charge in [-0.2, -0.15) is 0 Å². The number of hydrogen-bond acceptors (Lipinski definition) is 6. The van der Waals surface area contributed by atoms with E-state index in [0.717, 1.165) is 44.6 Å². The third-order valence-corrected chi connectivity index (χ3v) is 5.23. The fourth-order valence-corrected chi connectivity index (χ4v) is 3.72. The van der Waals surface area contributed by atoms with Gasteiger partial charge in [-0.25, -0.2) is 4.68 Å². The predicted molar refractivity (Wildman–Crippen MR) is 112 cm³/mol. The topological polar surface area (TPSA) is 85.2 Å².